The first-order valence-corrected chi connectivity index (χ1v) is 6.78. The van der Waals surface area contributed by atoms with Gasteiger partial charge >= 0.3 is 0 Å². The van der Waals surface area contributed by atoms with Crippen LogP contribution in [0.15, 0.2) is 0 Å². The van der Waals surface area contributed by atoms with E-state index in [0.717, 1.165) is 15.0 Å². The van der Waals surface area contributed by atoms with E-state index in [2.05, 4.69) is 27.0 Å². The average Bonchev–Trinajstić information content (AvgIpc) is 1.67. The SMILES string of the molecule is CPC[P@](C)B(C)C. The van der Waals surface area contributed by atoms with E-state index in [1.54, 1.807) is 0 Å². The molecule has 0 fully saturated rings. The van der Waals surface area contributed by atoms with E-state index in [1.165, 1.54) is 5.90 Å². The summed E-state index contributed by atoms with van der Waals surface area (Å²) in [5, 5.41) is 0. The van der Waals surface area contributed by atoms with Gasteiger partial charge in [-0.05, 0) is 12.6 Å². The van der Waals surface area contributed by atoms with Crippen LogP contribution in [0.1, 0.15) is 0 Å². The number of rotatable bonds is 3. The van der Waals surface area contributed by atoms with Crippen LogP contribution in [0.2, 0.25) is 13.6 Å². The summed E-state index contributed by atoms with van der Waals surface area (Å²) in [7, 11) is 1.53. The maximum absolute atomic E-state index is 2.40. The molecule has 0 aromatic heterocycles. The van der Waals surface area contributed by atoms with E-state index in [1.807, 2.05) is 0 Å². The van der Waals surface area contributed by atoms with E-state index >= 15 is 0 Å². The van der Waals surface area contributed by atoms with Gasteiger partial charge in [0, 0.05) is 0 Å². The summed E-state index contributed by atoms with van der Waals surface area (Å²) in [6, 6.07) is 0. The van der Waals surface area contributed by atoms with Crippen LogP contribution in [0.4, 0.5) is 0 Å². The van der Waals surface area contributed by atoms with E-state index in [-0.39, 0.29) is 0 Å². The van der Waals surface area contributed by atoms with Crippen molar-refractivity contribution in [3.05, 3.63) is 0 Å². The standard InChI is InChI=1S/C5H15BP2/c1-6(2)8(4)5-7-3/h7H,5H2,1-4H3/t8-/m0/s1. The Bertz CT molecular complexity index is 56.4. The first-order chi connectivity index (χ1) is 3.68. The van der Waals surface area contributed by atoms with Crippen molar-refractivity contribution in [3.63, 3.8) is 0 Å². The van der Waals surface area contributed by atoms with Crippen LogP contribution in [0.3, 0.4) is 0 Å². The van der Waals surface area contributed by atoms with E-state index in [9.17, 15) is 0 Å². The van der Waals surface area contributed by atoms with Gasteiger partial charge < -0.3 is 0 Å². The Morgan fingerprint density at radius 1 is 1.50 bits per heavy atom. The van der Waals surface area contributed by atoms with Crippen molar-refractivity contribution in [2.45, 2.75) is 13.6 Å². The first kappa shape index (κ1) is 8.92. The Morgan fingerprint density at radius 3 is 2.12 bits per heavy atom. The molecule has 8 heavy (non-hydrogen) atoms. The van der Waals surface area contributed by atoms with Crippen LogP contribution in [-0.4, -0.2) is 25.7 Å². The van der Waals surface area contributed by atoms with Crippen LogP contribution < -0.4 is 0 Å². The van der Waals surface area contributed by atoms with Crippen molar-refractivity contribution in [2.75, 3.05) is 19.2 Å². The van der Waals surface area contributed by atoms with Gasteiger partial charge in [-0.15, -0.1) is 16.4 Å². The summed E-state index contributed by atoms with van der Waals surface area (Å²) in [5.41, 5.74) is 0. The molecule has 0 nitrogen and oxygen atoms in total. The molecule has 0 radical (unpaired) electrons. The van der Waals surface area contributed by atoms with Crippen LogP contribution in [-0.2, 0) is 0 Å². The lowest BCUT2D eigenvalue weighted by Gasteiger charge is -2.11. The van der Waals surface area contributed by atoms with Crippen LogP contribution >= 0.6 is 16.4 Å². The van der Waals surface area contributed by atoms with Crippen molar-refractivity contribution < 1.29 is 0 Å². The Labute approximate surface area is 56.4 Å². The van der Waals surface area contributed by atoms with Gasteiger partial charge in [0.15, 0.2) is 6.43 Å². The summed E-state index contributed by atoms with van der Waals surface area (Å²) >= 11 is 0. The summed E-state index contributed by atoms with van der Waals surface area (Å²) in [6.07, 6.45) is 0.942. The molecule has 0 amide bonds. The minimum absolute atomic E-state index is 0.373. The zero-order chi connectivity index (χ0) is 6.57. The second-order valence-corrected chi connectivity index (χ2v) is 6.88. The Kier molecular flexibility index (Phi) is 5.32. The molecule has 0 rings (SSSR count). The molecule has 0 aliphatic rings. The van der Waals surface area contributed by atoms with Gasteiger partial charge in [-0.25, -0.2) is 0 Å². The second kappa shape index (κ2) is 4.77. The molecule has 0 bridgehead atoms. The lowest BCUT2D eigenvalue weighted by Crippen LogP contribution is -1.96. The van der Waals surface area contributed by atoms with Gasteiger partial charge in [0.25, 0.3) is 0 Å². The molecule has 0 heterocycles. The highest BCUT2D eigenvalue weighted by Gasteiger charge is 2.06. The van der Waals surface area contributed by atoms with Gasteiger partial charge in [0.05, 0.1) is 0 Å². The average molecular weight is 148 g/mol. The molecule has 0 spiro atoms. The van der Waals surface area contributed by atoms with E-state index in [4.69, 9.17) is 0 Å². The Hall–Kier alpha value is 0.925. The molecule has 1 unspecified atom stereocenters. The molecular formula is C5H15BP2. The minimum atomic E-state index is 0.373. The predicted octanol–water partition coefficient (Wildman–Crippen LogP) is 2.62. The molecule has 0 aromatic carbocycles. The third-order valence-electron chi connectivity index (χ3n) is 1.29. The predicted molar refractivity (Wildman–Crippen MR) is 49.4 cm³/mol. The molecule has 0 saturated heterocycles. The topological polar surface area (TPSA) is 0 Å². The first-order valence-electron chi connectivity index (χ1n) is 3.03. The van der Waals surface area contributed by atoms with E-state index < -0.39 is 0 Å². The molecule has 0 saturated carbocycles. The summed E-state index contributed by atoms with van der Waals surface area (Å²) in [4.78, 5) is 0. The fraction of sp³-hybridized carbons (Fsp3) is 1.00. The maximum atomic E-state index is 2.40. The van der Waals surface area contributed by atoms with Gasteiger partial charge in [0.1, 0.15) is 0 Å². The number of hydrogen-bond acceptors (Lipinski definition) is 0. The highest BCUT2D eigenvalue weighted by atomic mass is 31.2. The van der Waals surface area contributed by atoms with Crippen molar-refractivity contribution in [3.8, 4) is 0 Å². The monoisotopic (exact) mass is 148 g/mol. The largest absolute Gasteiger partial charge is 0.164 e. The van der Waals surface area contributed by atoms with Crippen molar-refractivity contribution in [1.82, 2.24) is 0 Å². The lowest BCUT2D eigenvalue weighted by atomic mass is 9.84. The van der Waals surface area contributed by atoms with Gasteiger partial charge in [-0.2, -0.15) is 0 Å². The zero-order valence-electron chi connectivity index (χ0n) is 6.23. The third kappa shape index (κ3) is 3.87. The zero-order valence-corrected chi connectivity index (χ0v) is 8.13. The summed E-state index contributed by atoms with van der Waals surface area (Å²) in [6.45, 7) is 9.34. The molecule has 48 valence electrons. The fourth-order valence-corrected chi connectivity index (χ4v) is 3.89. The van der Waals surface area contributed by atoms with Gasteiger partial charge in [0.2, 0.25) is 0 Å². The quantitative estimate of drug-likeness (QED) is 0.426. The molecule has 3 heteroatoms. The third-order valence-corrected chi connectivity index (χ3v) is 6.31. The Morgan fingerprint density at radius 2 is 2.00 bits per heavy atom. The van der Waals surface area contributed by atoms with Crippen molar-refractivity contribution in [1.29, 1.82) is 0 Å². The molecular weight excluding hydrogens is 133 g/mol. The molecule has 0 aliphatic heterocycles. The highest BCUT2D eigenvalue weighted by molar-refractivity contribution is 7.93. The second-order valence-electron chi connectivity index (χ2n) is 2.36. The maximum Gasteiger partial charge on any atom is 0.164 e. The molecule has 0 aromatic rings. The van der Waals surface area contributed by atoms with Gasteiger partial charge in [-0.3, -0.25) is 0 Å². The van der Waals surface area contributed by atoms with Gasteiger partial charge in [-0.1, -0.05) is 20.3 Å². The van der Waals surface area contributed by atoms with Crippen molar-refractivity contribution >= 4 is 22.8 Å². The molecule has 2 atom stereocenters. The highest BCUT2D eigenvalue weighted by Crippen LogP contribution is 2.38. The minimum Gasteiger partial charge on any atom is -0.140 e. The number of hydrogen-bond donors (Lipinski definition) is 0. The van der Waals surface area contributed by atoms with Crippen LogP contribution in [0, 0.1) is 0 Å². The van der Waals surface area contributed by atoms with Crippen molar-refractivity contribution in [2.24, 2.45) is 0 Å². The lowest BCUT2D eigenvalue weighted by molar-refractivity contribution is 2.02. The van der Waals surface area contributed by atoms with E-state index in [0.29, 0.717) is 7.80 Å². The fourth-order valence-electron chi connectivity index (χ4n) is 0.432. The summed E-state index contributed by atoms with van der Waals surface area (Å²) in [5.74, 6) is 1.48. The van der Waals surface area contributed by atoms with Crippen LogP contribution in [0.25, 0.3) is 0 Å². The Balaban J connectivity index is 3.17. The molecule has 0 aliphatic carbocycles. The summed E-state index contributed by atoms with van der Waals surface area (Å²) < 4.78 is 0. The molecule has 0 N–H and O–H groups in total. The van der Waals surface area contributed by atoms with Crippen LogP contribution in [0.5, 0.6) is 0 Å². The smallest absolute Gasteiger partial charge is 0.140 e. The normalized spacial score (nSPS) is 15.0.